The Balaban J connectivity index is 2.59. The molecule has 0 aromatic carbocycles. The van der Waals surface area contributed by atoms with Gasteiger partial charge in [-0.3, -0.25) is 0 Å². The zero-order valence-electron chi connectivity index (χ0n) is 10.5. The summed E-state index contributed by atoms with van der Waals surface area (Å²) in [6.07, 6.45) is 0. The number of ether oxygens (including phenoxy) is 2. The van der Waals surface area contributed by atoms with Crippen LogP contribution in [0.15, 0.2) is 0 Å². The van der Waals surface area contributed by atoms with Crippen LogP contribution >= 0.6 is 39.9 Å². The van der Waals surface area contributed by atoms with Crippen LogP contribution in [0, 0.1) is 0 Å². The normalized spacial score (nSPS) is 25.9. The maximum atomic E-state index is 12.1. The number of carbonyl (C=O) groups is 1. The fourth-order valence-corrected chi connectivity index (χ4v) is 14.7. The van der Waals surface area contributed by atoms with Crippen LogP contribution in [0.4, 0.5) is 0 Å². The fourth-order valence-electron chi connectivity index (χ4n) is 1.31. The Hall–Kier alpha value is 0.850. The van der Waals surface area contributed by atoms with E-state index in [2.05, 4.69) is 25.2 Å². The number of halogens is 2. The number of carbonyl (C=O) groups excluding carboxylic acids is 1. The van der Waals surface area contributed by atoms with Gasteiger partial charge in [-0.15, -0.1) is 0 Å². The molecule has 16 heavy (non-hydrogen) atoms. The molecule has 2 atom stereocenters. The SMILES string of the molecule is CCOCOC(=O)C(C)(C1NI1C)I(C)C. The molecule has 0 saturated carbocycles. The Morgan fingerprint density at radius 1 is 1.56 bits per heavy atom. The number of esters is 1. The molecule has 0 radical (unpaired) electrons. The quantitative estimate of drug-likeness (QED) is 0.0970. The molecule has 4 nitrogen and oxygen atoms in total. The first-order valence-electron chi connectivity index (χ1n) is 5.04. The van der Waals surface area contributed by atoms with Crippen LogP contribution in [-0.4, -0.2) is 41.6 Å². The van der Waals surface area contributed by atoms with Gasteiger partial charge in [-0.25, -0.2) is 0 Å². The summed E-state index contributed by atoms with van der Waals surface area (Å²) in [5.41, 5.74) is 0. The third-order valence-electron chi connectivity index (χ3n) is 2.68. The first kappa shape index (κ1) is 14.9. The number of hydrogen-bond donors (Lipinski definition) is 1. The fraction of sp³-hybridized carbons (Fsp3) is 0.900. The molecule has 6 heteroatoms. The summed E-state index contributed by atoms with van der Waals surface area (Å²) in [7, 11) is 0. The zero-order valence-corrected chi connectivity index (χ0v) is 14.8. The third-order valence-corrected chi connectivity index (χ3v) is 13.8. The van der Waals surface area contributed by atoms with Gasteiger partial charge in [-0.05, 0) is 0 Å². The van der Waals surface area contributed by atoms with E-state index < -0.39 is 39.9 Å². The first-order valence-corrected chi connectivity index (χ1v) is 14.9. The van der Waals surface area contributed by atoms with Gasteiger partial charge in [0, 0.05) is 0 Å². The van der Waals surface area contributed by atoms with Gasteiger partial charge < -0.3 is 0 Å². The molecule has 2 unspecified atom stereocenters. The van der Waals surface area contributed by atoms with Crippen LogP contribution in [0.25, 0.3) is 0 Å². The van der Waals surface area contributed by atoms with E-state index in [0.29, 0.717) is 10.7 Å². The van der Waals surface area contributed by atoms with Crippen LogP contribution in [0.1, 0.15) is 13.8 Å². The van der Waals surface area contributed by atoms with Gasteiger partial charge in [0.1, 0.15) is 0 Å². The van der Waals surface area contributed by atoms with E-state index >= 15 is 0 Å². The standard InChI is InChI=1S/C10H21I2NO3/c1-6-15-7-16-9(14)10(2,11(3)4)8-12(5)13-8/h8,13H,6-7H2,1-5H3. The molecule has 0 spiro atoms. The van der Waals surface area contributed by atoms with Crippen LogP contribution in [0.2, 0.25) is 0 Å². The summed E-state index contributed by atoms with van der Waals surface area (Å²) >= 11 is -2.27. The van der Waals surface area contributed by atoms with Crippen molar-refractivity contribution in [1.82, 2.24) is 3.53 Å². The summed E-state index contributed by atoms with van der Waals surface area (Å²) in [5.74, 6) is -0.0599. The van der Waals surface area contributed by atoms with Crippen LogP contribution in [-0.2, 0) is 14.3 Å². The molecule has 1 saturated heterocycles. The Kier molecular flexibility index (Phi) is 5.73. The van der Waals surface area contributed by atoms with E-state index in [0.717, 1.165) is 0 Å². The topological polar surface area (TPSA) is 57.5 Å². The summed E-state index contributed by atoms with van der Waals surface area (Å²) in [4.78, 5) is 18.9. The summed E-state index contributed by atoms with van der Waals surface area (Å²) in [5, 5.41) is 0. The molecule has 98 valence electrons. The minimum absolute atomic E-state index is 0.0599. The van der Waals surface area contributed by atoms with E-state index in [1.165, 1.54) is 0 Å². The van der Waals surface area contributed by atoms with Gasteiger partial charge >= 0.3 is 113 Å². The Bertz CT molecular complexity index is 262. The van der Waals surface area contributed by atoms with Crippen molar-refractivity contribution < 1.29 is 14.3 Å². The average Bonchev–Trinajstić information content (AvgIpc) is 2.94. The van der Waals surface area contributed by atoms with Gasteiger partial charge in [0.25, 0.3) is 0 Å². The molecule has 1 aliphatic heterocycles. The number of alkyl halides is 5. The van der Waals surface area contributed by atoms with E-state index in [1.807, 2.05) is 6.92 Å². The van der Waals surface area contributed by atoms with Gasteiger partial charge in [0.2, 0.25) is 0 Å². The molecule has 1 fully saturated rings. The Labute approximate surface area is 112 Å². The second-order valence-corrected chi connectivity index (χ2v) is 15.2. The van der Waals surface area contributed by atoms with Crippen molar-refractivity contribution in [2.75, 3.05) is 28.2 Å². The van der Waals surface area contributed by atoms with E-state index in [-0.39, 0.29) is 16.2 Å². The predicted octanol–water partition coefficient (Wildman–Crippen LogP) is 2.03. The van der Waals surface area contributed by atoms with E-state index in [9.17, 15) is 4.79 Å². The van der Waals surface area contributed by atoms with Crippen molar-refractivity contribution in [3.8, 4) is 0 Å². The molecule has 0 aliphatic carbocycles. The molecule has 1 heterocycles. The van der Waals surface area contributed by atoms with Crippen LogP contribution in [0.5, 0.6) is 0 Å². The zero-order chi connectivity index (χ0) is 12.3. The second-order valence-electron chi connectivity index (χ2n) is 3.86. The molecular weight excluding hydrogens is 436 g/mol. The van der Waals surface area contributed by atoms with Gasteiger partial charge in [-0.2, -0.15) is 0 Å². The number of hydrogen-bond acceptors (Lipinski definition) is 4. The van der Waals surface area contributed by atoms with Gasteiger partial charge in [-0.1, -0.05) is 0 Å². The number of nitrogens with one attached hydrogen (secondary N) is 1. The van der Waals surface area contributed by atoms with Crippen molar-refractivity contribution in [2.45, 2.75) is 21.3 Å². The van der Waals surface area contributed by atoms with Crippen LogP contribution in [0.3, 0.4) is 0 Å². The average molecular weight is 457 g/mol. The third kappa shape index (κ3) is 3.20. The molecule has 0 aromatic rings. The number of rotatable bonds is 6. The van der Waals surface area contributed by atoms with E-state index in [4.69, 9.17) is 9.47 Å². The minimum atomic E-state index is -1.27. The van der Waals surface area contributed by atoms with Crippen molar-refractivity contribution in [3.63, 3.8) is 0 Å². The molecule has 0 aromatic heterocycles. The predicted molar refractivity (Wildman–Crippen MR) is 83.7 cm³/mol. The molecular formula is C10H21I2NO3. The molecule has 0 amide bonds. The van der Waals surface area contributed by atoms with Crippen molar-refractivity contribution >= 4 is 45.9 Å². The van der Waals surface area contributed by atoms with E-state index in [1.54, 1.807) is 0 Å². The second kappa shape index (κ2) is 6.14. The Morgan fingerprint density at radius 2 is 2.12 bits per heavy atom. The molecule has 1 aliphatic rings. The summed E-state index contributed by atoms with van der Waals surface area (Å²) < 4.78 is 14.0. The molecule has 0 bridgehead atoms. The van der Waals surface area contributed by atoms with Gasteiger partial charge in [0.05, 0.1) is 0 Å². The summed E-state index contributed by atoms with van der Waals surface area (Å²) in [6.45, 7) is 4.65. The maximum absolute atomic E-state index is 12.1. The molecule has 1 rings (SSSR count). The Morgan fingerprint density at radius 3 is 2.50 bits per heavy atom. The first-order chi connectivity index (χ1) is 7.44. The monoisotopic (exact) mass is 457 g/mol. The van der Waals surface area contributed by atoms with Crippen molar-refractivity contribution in [2.24, 2.45) is 0 Å². The van der Waals surface area contributed by atoms with Gasteiger partial charge in [0.15, 0.2) is 0 Å². The van der Waals surface area contributed by atoms with Crippen molar-refractivity contribution in [3.05, 3.63) is 0 Å². The summed E-state index contributed by atoms with van der Waals surface area (Å²) in [6, 6.07) is 0. The van der Waals surface area contributed by atoms with Crippen LogP contribution < -0.4 is 3.53 Å². The molecule has 1 N–H and O–H groups in total. The van der Waals surface area contributed by atoms with Crippen molar-refractivity contribution in [1.29, 1.82) is 0 Å².